The molecule has 1 atom stereocenters. The van der Waals surface area contributed by atoms with Crippen LogP contribution in [-0.2, 0) is 15.1 Å². The van der Waals surface area contributed by atoms with Gasteiger partial charge in [0.1, 0.15) is 25.3 Å². The van der Waals surface area contributed by atoms with E-state index in [1.54, 1.807) is 49.4 Å². The maximum absolute atomic E-state index is 13.1. The first kappa shape index (κ1) is 20.4. The van der Waals surface area contributed by atoms with Crippen molar-refractivity contribution in [2.45, 2.75) is 19.4 Å². The number of imide groups is 1. The summed E-state index contributed by atoms with van der Waals surface area (Å²) in [4.78, 5) is 50.2. The van der Waals surface area contributed by atoms with Crippen LogP contribution in [0.3, 0.4) is 0 Å². The number of ketones is 1. The normalized spacial score (nSPS) is 19.7. The third-order valence-corrected chi connectivity index (χ3v) is 5.27. The van der Waals surface area contributed by atoms with Gasteiger partial charge in [0.05, 0.1) is 0 Å². The zero-order chi connectivity index (χ0) is 22.2. The van der Waals surface area contributed by atoms with E-state index in [2.05, 4.69) is 10.6 Å². The number of rotatable bonds is 5. The molecule has 0 bridgehead atoms. The second-order valence-electron chi connectivity index (χ2n) is 7.49. The Morgan fingerprint density at radius 1 is 1.06 bits per heavy atom. The maximum atomic E-state index is 13.1. The van der Waals surface area contributed by atoms with E-state index in [9.17, 15) is 19.2 Å². The third kappa shape index (κ3) is 3.81. The zero-order valence-electron chi connectivity index (χ0n) is 17.1. The minimum Gasteiger partial charge on any atom is -0.486 e. The first-order valence-corrected chi connectivity index (χ1v) is 9.73. The van der Waals surface area contributed by atoms with Crippen molar-refractivity contribution in [1.82, 2.24) is 10.2 Å². The van der Waals surface area contributed by atoms with Gasteiger partial charge in [-0.25, -0.2) is 4.79 Å². The third-order valence-electron chi connectivity index (χ3n) is 5.27. The number of benzene rings is 2. The molecular formula is C22H21N3O6. The van der Waals surface area contributed by atoms with E-state index in [-0.39, 0.29) is 5.78 Å². The molecule has 1 saturated heterocycles. The molecule has 160 valence electrons. The van der Waals surface area contributed by atoms with E-state index >= 15 is 0 Å². The van der Waals surface area contributed by atoms with E-state index in [4.69, 9.17) is 9.47 Å². The Hall–Kier alpha value is -3.88. The number of urea groups is 1. The van der Waals surface area contributed by atoms with Gasteiger partial charge in [0, 0.05) is 11.3 Å². The number of nitrogens with zero attached hydrogens (tertiary/aromatic N) is 1. The first-order valence-electron chi connectivity index (χ1n) is 9.73. The zero-order valence-corrected chi connectivity index (χ0v) is 17.1. The molecule has 4 rings (SSSR count). The Labute approximate surface area is 178 Å². The van der Waals surface area contributed by atoms with Gasteiger partial charge in [0.2, 0.25) is 5.91 Å². The summed E-state index contributed by atoms with van der Waals surface area (Å²) in [5.74, 6) is -0.1000. The summed E-state index contributed by atoms with van der Waals surface area (Å²) in [5, 5.41) is 5.29. The number of nitrogens with one attached hydrogen (secondary N) is 2. The van der Waals surface area contributed by atoms with Crippen LogP contribution in [0.5, 0.6) is 11.5 Å². The highest BCUT2D eigenvalue weighted by Gasteiger charge is 2.49. The molecule has 2 aromatic carbocycles. The van der Waals surface area contributed by atoms with E-state index < -0.39 is 29.9 Å². The molecule has 2 heterocycles. The summed E-state index contributed by atoms with van der Waals surface area (Å²) in [5.41, 5.74) is 0.160. The molecule has 0 radical (unpaired) electrons. The van der Waals surface area contributed by atoms with Crippen molar-refractivity contribution in [2.24, 2.45) is 0 Å². The van der Waals surface area contributed by atoms with Crippen molar-refractivity contribution in [3.63, 3.8) is 0 Å². The fourth-order valence-electron chi connectivity index (χ4n) is 3.52. The number of Topliss-reactive ketones (excluding diaryl/α,β-unsaturated/α-hetero) is 1. The number of carbonyl (C=O) groups is 4. The Morgan fingerprint density at radius 2 is 1.74 bits per heavy atom. The van der Waals surface area contributed by atoms with Crippen LogP contribution in [0.2, 0.25) is 0 Å². The molecule has 2 aromatic rings. The van der Waals surface area contributed by atoms with Gasteiger partial charge in [-0.3, -0.25) is 19.3 Å². The Kier molecular flexibility index (Phi) is 5.10. The van der Waals surface area contributed by atoms with E-state index in [1.807, 2.05) is 0 Å². The lowest BCUT2D eigenvalue weighted by Crippen LogP contribution is -2.42. The number of carbonyl (C=O) groups excluding carboxylic acids is 4. The fourth-order valence-corrected chi connectivity index (χ4v) is 3.52. The van der Waals surface area contributed by atoms with E-state index in [0.29, 0.717) is 41.5 Å². The van der Waals surface area contributed by atoms with Crippen LogP contribution in [-0.4, -0.2) is 48.3 Å². The van der Waals surface area contributed by atoms with Crippen molar-refractivity contribution < 1.29 is 28.7 Å². The highest BCUT2D eigenvalue weighted by Crippen LogP contribution is 2.36. The Bertz CT molecular complexity index is 1080. The van der Waals surface area contributed by atoms with Crippen LogP contribution in [0.15, 0.2) is 42.5 Å². The number of hydrogen-bond acceptors (Lipinski definition) is 6. The molecule has 4 amide bonds. The quantitative estimate of drug-likeness (QED) is 0.562. The van der Waals surface area contributed by atoms with Gasteiger partial charge in [-0.15, -0.1) is 0 Å². The molecule has 2 N–H and O–H groups in total. The van der Waals surface area contributed by atoms with Crippen LogP contribution in [0.25, 0.3) is 0 Å². The summed E-state index contributed by atoms with van der Waals surface area (Å²) in [7, 11) is 0. The van der Waals surface area contributed by atoms with Crippen LogP contribution < -0.4 is 20.1 Å². The second kappa shape index (κ2) is 7.75. The number of hydrogen-bond donors (Lipinski definition) is 2. The summed E-state index contributed by atoms with van der Waals surface area (Å²) in [6.45, 7) is 3.42. The molecule has 31 heavy (non-hydrogen) atoms. The molecule has 9 heteroatoms. The number of anilines is 1. The van der Waals surface area contributed by atoms with Crippen LogP contribution in [0, 0.1) is 0 Å². The summed E-state index contributed by atoms with van der Waals surface area (Å²) >= 11 is 0. The maximum Gasteiger partial charge on any atom is 0.325 e. The lowest BCUT2D eigenvalue weighted by molar-refractivity contribution is -0.133. The SMILES string of the molecule is CC(=O)c1ccc(NC(=O)CN2C(=O)N[C@](C)(c3ccc4c(c3)OCCO4)C2=O)cc1. The summed E-state index contributed by atoms with van der Waals surface area (Å²) in [6, 6.07) is 10.7. The van der Waals surface area contributed by atoms with Gasteiger partial charge in [-0.05, 0) is 55.8 Å². The molecule has 0 saturated carbocycles. The molecule has 0 spiro atoms. The topological polar surface area (TPSA) is 114 Å². The first-order chi connectivity index (χ1) is 14.8. The predicted octanol–water partition coefficient (Wildman–Crippen LogP) is 2.07. The van der Waals surface area contributed by atoms with Gasteiger partial charge in [-0.1, -0.05) is 6.07 Å². The lowest BCUT2D eigenvalue weighted by atomic mass is 9.91. The lowest BCUT2D eigenvalue weighted by Gasteiger charge is -2.25. The van der Waals surface area contributed by atoms with Crippen LogP contribution in [0.1, 0.15) is 29.8 Å². The molecule has 0 aliphatic carbocycles. The smallest absolute Gasteiger partial charge is 0.325 e. The molecule has 0 aromatic heterocycles. The second-order valence-corrected chi connectivity index (χ2v) is 7.49. The highest BCUT2D eigenvalue weighted by molar-refractivity contribution is 6.10. The summed E-state index contributed by atoms with van der Waals surface area (Å²) < 4.78 is 11.1. The van der Waals surface area contributed by atoms with Gasteiger partial charge in [0.25, 0.3) is 5.91 Å². The van der Waals surface area contributed by atoms with Crippen LogP contribution in [0.4, 0.5) is 10.5 Å². The van der Waals surface area contributed by atoms with Crippen molar-refractivity contribution in [1.29, 1.82) is 0 Å². The average molecular weight is 423 g/mol. The van der Waals surface area contributed by atoms with Crippen molar-refractivity contribution >= 4 is 29.3 Å². The Morgan fingerprint density at radius 3 is 2.42 bits per heavy atom. The standard InChI is InChI=1S/C22H21N3O6/c1-13(26)14-3-6-16(7-4-14)23-19(27)12-25-20(28)22(2,24-21(25)29)15-5-8-17-18(11-15)31-10-9-30-17/h3-8,11H,9-10,12H2,1-2H3,(H,23,27)(H,24,29)/t22-/m1/s1. The van der Waals surface area contributed by atoms with Crippen molar-refractivity contribution in [3.05, 3.63) is 53.6 Å². The van der Waals surface area contributed by atoms with Gasteiger partial charge in [-0.2, -0.15) is 0 Å². The minimum atomic E-state index is -1.34. The monoisotopic (exact) mass is 423 g/mol. The molecular weight excluding hydrogens is 402 g/mol. The predicted molar refractivity (Wildman–Crippen MR) is 110 cm³/mol. The fraction of sp³-hybridized carbons (Fsp3) is 0.273. The number of amides is 4. The number of ether oxygens (including phenoxy) is 2. The average Bonchev–Trinajstić information content (AvgIpc) is 2.97. The molecule has 0 unspecified atom stereocenters. The highest BCUT2D eigenvalue weighted by atomic mass is 16.6. The largest absolute Gasteiger partial charge is 0.486 e. The number of fused-ring (bicyclic) bond motifs is 1. The van der Waals surface area contributed by atoms with E-state index in [0.717, 1.165) is 4.90 Å². The van der Waals surface area contributed by atoms with Gasteiger partial charge in [0.15, 0.2) is 17.3 Å². The van der Waals surface area contributed by atoms with Gasteiger partial charge >= 0.3 is 6.03 Å². The molecule has 9 nitrogen and oxygen atoms in total. The Balaban J connectivity index is 1.47. The minimum absolute atomic E-state index is 0.0874. The van der Waals surface area contributed by atoms with Gasteiger partial charge < -0.3 is 20.1 Å². The molecule has 1 fully saturated rings. The van der Waals surface area contributed by atoms with Crippen molar-refractivity contribution in [2.75, 3.05) is 25.1 Å². The van der Waals surface area contributed by atoms with Crippen LogP contribution >= 0.6 is 0 Å². The van der Waals surface area contributed by atoms with E-state index in [1.165, 1.54) is 6.92 Å². The summed E-state index contributed by atoms with van der Waals surface area (Å²) in [6.07, 6.45) is 0. The van der Waals surface area contributed by atoms with Crippen molar-refractivity contribution in [3.8, 4) is 11.5 Å². The molecule has 2 aliphatic heterocycles. The molecule has 2 aliphatic rings.